The van der Waals surface area contributed by atoms with Crippen LogP contribution >= 0.6 is 0 Å². The van der Waals surface area contributed by atoms with Crippen molar-refractivity contribution in [3.05, 3.63) is 29.3 Å². The van der Waals surface area contributed by atoms with Gasteiger partial charge in [0.25, 0.3) is 0 Å². The van der Waals surface area contributed by atoms with Gasteiger partial charge in [-0.15, -0.1) is 0 Å². The quantitative estimate of drug-likeness (QED) is 0.844. The van der Waals surface area contributed by atoms with Crippen molar-refractivity contribution in [2.45, 2.75) is 51.1 Å². The van der Waals surface area contributed by atoms with E-state index in [1.165, 1.54) is 43.4 Å². The van der Waals surface area contributed by atoms with Crippen LogP contribution in [0.1, 0.15) is 49.8 Å². The lowest BCUT2D eigenvalue weighted by Gasteiger charge is -2.30. The molecule has 1 N–H and O–H groups in total. The molecule has 2 unspecified atom stereocenters. The van der Waals surface area contributed by atoms with E-state index in [0.717, 1.165) is 12.5 Å². The Kier molecular flexibility index (Phi) is 2.83. The van der Waals surface area contributed by atoms with Gasteiger partial charge in [0.15, 0.2) is 0 Å². The van der Waals surface area contributed by atoms with Gasteiger partial charge in [0, 0.05) is 12.1 Å². The van der Waals surface area contributed by atoms with Crippen LogP contribution in [0.5, 0.6) is 5.75 Å². The largest absolute Gasteiger partial charge is 0.508 e. The summed E-state index contributed by atoms with van der Waals surface area (Å²) in [6.45, 7) is 3.55. The summed E-state index contributed by atoms with van der Waals surface area (Å²) in [5.41, 5.74) is 2.82. The van der Waals surface area contributed by atoms with Crippen molar-refractivity contribution in [1.29, 1.82) is 0 Å². The van der Waals surface area contributed by atoms with E-state index in [-0.39, 0.29) is 0 Å². The van der Waals surface area contributed by atoms with Gasteiger partial charge in [-0.05, 0) is 61.9 Å². The Labute approximate surface area is 103 Å². The molecular formula is C15H21NO. The molecule has 1 heterocycles. The van der Waals surface area contributed by atoms with E-state index in [1.54, 1.807) is 0 Å². The van der Waals surface area contributed by atoms with Crippen molar-refractivity contribution < 1.29 is 5.11 Å². The van der Waals surface area contributed by atoms with Gasteiger partial charge in [0.1, 0.15) is 5.75 Å². The van der Waals surface area contributed by atoms with Crippen molar-refractivity contribution >= 4 is 0 Å². The van der Waals surface area contributed by atoms with E-state index in [0.29, 0.717) is 11.8 Å². The van der Waals surface area contributed by atoms with Crippen LogP contribution in [-0.2, 0) is 6.42 Å². The van der Waals surface area contributed by atoms with E-state index < -0.39 is 0 Å². The monoisotopic (exact) mass is 231 g/mol. The summed E-state index contributed by atoms with van der Waals surface area (Å²) in [7, 11) is 0. The van der Waals surface area contributed by atoms with Crippen LogP contribution < -0.4 is 0 Å². The van der Waals surface area contributed by atoms with Crippen LogP contribution in [0.3, 0.4) is 0 Å². The zero-order chi connectivity index (χ0) is 11.8. The molecule has 0 aromatic heterocycles. The highest BCUT2D eigenvalue weighted by molar-refractivity contribution is 5.40. The summed E-state index contributed by atoms with van der Waals surface area (Å²) in [5, 5.41) is 9.53. The molecule has 92 valence electrons. The maximum absolute atomic E-state index is 9.53. The van der Waals surface area contributed by atoms with Crippen LogP contribution in [0, 0.1) is 0 Å². The second-order valence-electron chi connectivity index (χ2n) is 5.38. The smallest absolute Gasteiger partial charge is 0.115 e. The Hall–Kier alpha value is -1.02. The predicted molar refractivity (Wildman–Crippen MR) is 69.2 cm³/mol. The van der Waals surface area contributed by atoms with Gasteiger partial charge in [-0.1, -0.05) is 13.0 Å². The molecule has 0 saturated carbocycles. The minimum Gasteiger partial charge on any atom is -0.508 e. The Morgan fingerprint density at radius 2 is 2.24 bits per heavy atom. The molecule has 0 bridgehead atoms. The van der Waals surface area contributed by atoms with Gasteiger partial charge in [0.05, 0.1) is 0 Å². The topological polar surface area (TPSA) is 23.5 Å². The van der Waals surface area contributed by atoms with Gasteiger partial charge >= 0.3 is 0 Å². The van der Waals surface area contributed by atoms with Crippen LogP contribution in [0.4, 0.5) is 0 Å². The zero-order valence-electron chi connectivity index (χ0n) is 10.5. The number of fused-ring (bicyclic) bond motifs is 1. The van der Waals surface area contributed by atoms with Crippen molar-refractivity contribution in [1.82, 2.24) is 4.90 Å². The standard InChI is InChI=1S/C15H21NO/c1-2-12-4-3-9-16(12)15-8-5-11-10-13(17)6-7-14(11)15/h6-7,10,12,15,17H,2-5,8-9H2,1H3. The highest BCUT2D eigenvalue weighted by Gasteiger charge is 2.34. The molecule has 1 fully saturated rings. The number of nitrogens with zero attached hydrogens (tertiary/aromatic N) is 1. The van der Waals surface area contributed by atoms with Crippen molar-refractivity contribution in [2.75, 3.05) is 6.54 Å². The first kappa shape index (κ1) is 11.1. The average molecular weight is 231 g/mol. The molecule has 2 nitrogen and oxygen atoms in total. The van der Waals surface area contributed by atoms with Crippen molar-refractivity contribution in [2.24, 2.45) is 0 Å². The Morgan fingerprint density at radius 3 is 3.06 bits per heavy atom. The average Bonchev–Trinajstić information content (AvgIpc) is 2.92. The minimum atomic E-state index is 0.415. The summed E-state index contributed by atoms with van der Waals surface area (Å²) in [6.07, 6.45) is 6.34. The van der Waals surface area contributed by atoms with Crippen LogP contribution in [0.2, 0.25) is 0 Å². The van der Waals surface area contributed by atoms with Gasteiger partial charge in [-0.3, -0.25) is 4.90 Å². The Morgan fingerprint density at radius 1 is 1.35 bits per heavy atom. The first-order valence-electron chi connectivity index (χ1n) is 6.87. The molecule has 1 aliphatic carbocycles. The molecule has 1 aromatic rings. The molecule has 2 heteroatoms. The zero-order valence-corrected chi connectivity index (χ0v) is 10.5. The molecule has 17 heavy (non-hydrogen) atoms. The van der Waals surface area contributed by atoms with E-state index in [1.807, 2.05) is 12.1 Å². The van der Waals surface area contributed by atoms with E-state index in [2.05, 4.69) is 17.9 Å². The third kappa shape index (κ3) is 1.85. The fourth-order valence-corrected chi connectivity index (χ4v) is 3.63. The van der Waals surface area contributed by atoms with Crippen molar-refractivity contribution in [3.8, 4) is 5.75 Å². The normalized spacial score (nSPS) is 28.5. The highest BCUT2D eigenvalue weighted by atomic mass is 16.3. The maximum atomic E-state index is 9.53. The number of likely N-dealkylation sites (tertiary alicyclic amines) is 1. The van der Waals surface area contributed by atoms with Crippen LogP contribution in [-0.4, -0.2) is 22.6 Å². The fraction of sp³-hybridized carbons (Fsp3) is 0.600. The van der Waals surface area contributed by atoms with Gasteiger partial charge < -0.3 is 5.11 Å². The molecule has 1 saturated heterocycles. The Bertz CT molecular complexity index is 415. The first-order valence-corrected chi connectivity index (χ1v) is 6.87. The molecule has 1 aliphatic heterocycles. The predicted octanol–water partition coefficient (Wildman–Crippen LogP) is 3.25. The van der Waals surface area contributed by atoms with E-state index >= 15 is 0 Å². The van der Waals surface area contributed by atoms with E-state index in [9.17, 15) is 5.11 Å². The summed E-state index contributed by atoms with van der Waals surface area (Å²) in [5.74, 6) is 0.415. The van der Waals surface area contributed by atoms with E-state index in [4.69, 9.17) is 0 Å². The minimum absolute atomic E-state index is 0.415. The second-order valence-corrected chi connectivity index (χ2v) is 5.38. The summed E-state index contributed by atoms with van der Waals surface area (Å²) in [6, 6.07) is 7.31. The molecule has 0 spiro atoms. The van der Waals surface area contributed by atoms with Gasteiger partial charge in [0.2, 0.25) is 0 Å². The number of hydrogen-bond acceptors (Lipinski definition) is 2. The number of phenolic OH excluding ortho intramolecular Hbond substituents is 1. The molecule has 1 aromatic carbocycles. The van der Waals surface area contributed by atoms with Crippen LogP contribution in [0.15, 0.2) is 18.2 Å². The number of benzene rings is 1. The molecule has 2 aliphatic rings. The van der Waals surface area contributed by atoms with Crippen molar-refractivity contribution in [3.63, 3.8) is 0 Å². The lowest BCUT2D eigenvalue weighted by molar-refractivity contribution is 0.176. The number of aromatic hydroxyl groups is 1. The van der Waals surface area contributed by atoms with Gasteiger partial charge in [-0.25, -0.2) is 0 Å². The second kappa shape index (κ2) is 4.34. The lowest BCUT2D eigenvalue weighted by atomic mass is 10.0. The third-order valence-electron chi connectivity index (χ3n) is 4.47. The molecule has 2 atom stereocenters. The third-order valence-corrected chi connectivity index (χ3v) is 4.47. The highest BCUT2D eigenvalue weighted by Crippen LogP contribution is 2.41. The number of rotatable bonds is 2. The molecule has 3 rings (SSSR count). The summed E-state index contributed by atoms with van der Waals surface area (Å²) >= 11 is 0. The number of phenols is 1. The first-order chi connectivity index (χ1) is 8.29. The molecule has 0 amide bonds. The lowest BCUT2D eigenvalue weighted by Crippen LogP contribution is -2.31. The SMILES string of the molecule is CCC1CCCN1C1CCc2cc(O)ccc21. The number of hydrogen-bond donors (Lipinski definition) is 1. The maximum Gasteiger partial charge on any atom is 0.115 e. The fourth-order valence-electron chi connectivity index (χ4n) is 3.63. The number of aryl methyl sites for hydroxylation is 1. The Balaban J connectivity index is 1.88. The molecule has 0 radical (unpaired) electrons. The summed E-state index contributed by atoms with van der Waals surface area (Å²) < 4.78 is 0. The van der Waals surface area contributed by atoms with Gasteiger partial charge in [-0.2, -0.15) is 0 Å². The molecular weight excluding hydrogens is 210 g/mol. The van der Waals surface area contributed by atoms with Crippen LogP contribution in [0.25, 0.3) is 0 Å². The summed E-state index contributed by atoms with van der Waals surface area (Å²) in [4.78, 5) is 2.70.